The summed E-state index contributed by atoms with van der Waals surface area (Å²) in [5, 5.41) is 10.5. The number of nitrogens with one attached hydrogen (secondary N) is 1. The van der Waals surface area contributed by atoms with Crippen molar-refractivity contribution in [1.82, 2.24) is 5.43 Å². The molecule has 0 bridgehead atoms. The predicted octanol–water partition coefficient (Wildman–Crippen LogP) is 1.94. The van der Waals surface area contributed by atoms with Gasteiger partial charge in [-0.3, -0.25) is 11.3 Å². The molecule has 5 nitrogen and oxygen atoms in total. The molecular weight excluding hydrogens is 268 g/mol. The van der Waals surface area contributed by atoms with Gasteiger partial charge in [-0.15, -0.1) is 0 Å². The molecular formula is C16H20N2O3. The third-order valence-corrected chi connectivity index (χ3v) is 3.43. The van der Waals surface area contributed by atoms with Gasteiger partial charge in [-0.05, 0) is 35.4 Å². The zero-order valence-corrected chi connectivity index (χ0v) is 12.1. The Balaban J connectivity index is 2.21. The number of hydrazine groups is 1. The second-order valence-electron chi connectivity index (χ2n) is 4.64. The Labute approximate surface area is 124 Å². The topological polar surface area (TPSA) is 76.7 Å². The Bertz CT molecular complexity index is 555. The standard InChI is InChI=1S/C16H20N2O3/c1-20-13-7-3-11(4-8-13)15(18-17)16(19)12-5-9-14(21-2)10-6-12/h3-10,15-16,18-19H,17H2,1-2H3/t15-,16+/m1/s1. The van der Waals surface area contributed by atoms with E-state index < -0.39 is 12.1 Å². The number of aliphatic hydroxyl groups is 1. The molecule has 0 radical (unpaired) electrons. The average molecular weight is 288 g/mol. The Morgan fingerprint density at radius 1 is 0.857 bits per heavy atom. The van der Waals surface area contributed by atoms with Crippen molar-refractivity contribution < 1.29 is 14.6 Å². The van der Waals surface area contributed by atoms with Crippen LogP contribution in [-0.2, 0) is 0 Å². The minimum absolute atomic E-state index is 0.413. The van der Waals surface area contributed by atoms with Crippen LogP contribution >= 0.6 is 0 Å². The highest BCUT2D eigenvalue weighted by Crippen LogP contribution is 2.30. The molecule has 0 aliphatic heterocycles. The molecule has 5 heteroatoms. The number of hydrogen-bond acceptors (Lipinski definition) is 5. The third-order valence-electron chi connectivity index (χ3n) is 3.43. The molecule has 0 fully saturated rings. The van der Waals surface area contributed by atoms with Gasteiger partial charge in [-0.25, -0.2) is 0 Å². The molecule has 0 heterocycles. The zero-order chi connectivity index (χ0) is 15.2. The fourth-order valence-corrected chi connectivity index (χ4v) is 2.17. The molecule has 0 unspecified atom stereocenters. The summed E-state index contributed by atoms with van der Waals surface area (Å²) in [6.07, 6.45) is -0.769. The van der Waals surface area contributed by atoms with E-state index in [1.165, 1.54) is 0 Å². The van der Waals surface area contributed by atoms with Gasteiger partial charge in [0.15, 0.2) is 0 Å². The summed E-state index contributed by atoms with van der Waals surface area (Å²) in [7, 11) is 3.22. The summed E-state index contributed by atoms with van der Waals surface area (Å²) in [5.41, 5.74) is 4.30. The lowest BCUT2D eigenvalue weighted by atomic mass is 9.96. The SMILES string of the molecule is COc1ccc([C@@H](NN)[C@@H](O)c2ccc(OC)cc2)cc1. The van der Waals surface area contributed by atoms with Gasteiger partial charge in [0.05, 0.1) is 26.4 Å². The van der Waals surface area contributed by atoms with Gasteiger partial charge in [0.1, 0.15) is 11.5 Å². The second kappa shape index (κ2) is 7.08. The van der Waals surface area contributed by atoms with E-state index in [2.05, 4.69) is 5.43 Å². The van der Waals surface area contributed by atoms with E-state index in [0.717, 1.165) is 22.6 Å². The zero-order valence-electron chi connectivity index (χ0n) is 12.1. The van der Waals surface area contributed by atoms with E-state index in [1.54, 1.807) is 26.4 Å². The number of aliphatic hydroxyl groups excluding tert-OH is 1. The number of rotatable bonds is 6. The van der Waals surface area contributed by atoms with E-state index in [9.17, 15) is 5.11 Å². The maximum Gasteiger partial charge on any atom is 0.118 e. The number of ether oxygens (including phenoxy) is 2. The first-order valence-electron chi connectivity index (χ1n) is 6.61. The van der Waals surface area contributed by atoms with Crippen LogP contribution in [0.1, 0.15) is 23.3 Å². The average Bonchev–Trinajstić information content (AvgIpc) is 2.56. The van der Waals surface area contributed by atoms with Crippen LogP contribution in [0.3, 0.4) is 0 Å². The number of hydrogen-bond donors (Lipinski definition) is 3. The minimum Gasteiger partial charge on any atom is -0.497 e. The maximum absolute atomic E-state index is 10.5. The third kappa shape index (κ3) is 3.52. The fourth-order valence-electron chi connectivity index (χ4n) is 2.17. The van der Waals surface area contributed by atoms with Gasteiger partial charge in [0, 0.05) is 0 Å². The normalized spacial score (nSPS) is 13.5. The highest BCUT2D eigenvalue weighted by atomic mass is 16.5. The van der Waals surface area contributed by atoms with Gasteiger partial charge < -0.3 is 14.6 Å². The van der Waals surface area contributed by atoms with Crippen LogP contribution in [0.5, 0.6) is 11.5 Å². The largest absolute Gasteiger partial charge is 0.497 e. The Morgan fingerprint density at radius 2 is 1.29 bits per heavy atom. The second-order valence-corrected chi connectivity index (χ2v) is 4.64. The summed E-state index contributed by atoms with van der Waals surface area (Å²) in [6, 6.07) is 14.2. The van der Waals surface area contributed by atoms with Gasteiger partial charge >= 0.3 is 0 Å². The molecule has 4 N–H and O–H groups in total. The Morgan fingerprint density at radius 3 is 1.67 bits per heavy atom. The number of methoxy groups -OCH3 is 2. The first-order valence-corrected chi connectivity index (χ1v) is 6.61. The number of nitrogens with two attached hydrogens (primary N) is 1. The van der Waals surface area contributed by atoms with Gasteiger partial charge in [-0.1, -0.05) is 24.3 Å². The monoisotopic (exact) mass is 288 g/mol. The fraction of sp³-hybridized carbons (Fsp3) is 0.250. The van der Waals surface area contributed by atoms with Crippen LogP contribution in [0.2, 0.25) is 0 Å². The van der Waals surface area contributed by atoms with E-state index in [0.29, 0.717) is 0 Å². The van der Waals surface area contributed by atoms with Crippen molar-refractivity contribution in [2.45, 2.75) is 12.1 Å². The molecule has 0 aliphatic rings. The minimum atomic E-state index is -0.769. The molecule has 0 saturated carbocycles. The maximum atomic E-state index is 10.5. The smallest absolute Gasteiger partial charge is 0.118 e. The first kappa shape index (κ1) is 15.3. The summed E-state index contributed by atoms with van der Waals surface area (Å²) in [6.45, 7) is 0. The van der Waals surface area contributed by atoms with Crippen molar-refractivity contribution in [2.75, 3.05) is 14.2 Å². The highest BCUT2D eigenvalue weighted by Gasteiger charge is 2.21. The molecule has 0 saturated heterocycles. The van der Waals surface area contributed by atoms with Crippen LogP contribution in [0, 0.1) is 0 Å². The lowest BCUT2D eigenvalue weighted by molar-refractivity contribution is 0.129. The van der Waals surface area contributed by atoms with Crippen molar-refractivity contribution >= 4 is 0 Å². The van der Waals surface area contributed by atoms with Gasteiger partial charge in [0.25, 0.3) is 0 Å². The molecule has 0 aliphatic carbocycles. The van der Waals surface area contributed by atoms with E-state index in [1.807, 2.05) is 36.4 Å². The summed E-state index contributed by atoms with van der Waals surface area (Å²) in [4.78, 5) is 0. The van der Waals surface area contributed by atoms with Crippen LogP contribution in [0.4, 0.5) is 0 Å². The molecule has 2 rings (SSSR count). The van der Waals surface area contributed by atoms with Crippen LogP contribution in [0.15, 0.2) is 48.5 Å². The van der Waals surface area contributed by atoms with Crippen molar-refractivity contribution in [1.29, 1.82) is 0 Å². The van der Waals surface area contributed by atoms with E-state index in [-0.39, 0.29) is 0 Å². The first-order chi connectivity index (χ1) is 10.2. The number of benzene rings is 2. The van der Waals surface area contributed by atoms with Crippen molar-refractivity contribution in [2.24, 2.45) is 5.84 Å². The Kier molecular flexibility index (Phi) is 5.16. The lowest BCUT2D eigenvalue weighted by Gasteiger charge is -2.23. The van der Waals surface area contributed by atoms with Crippen LogP contribution in [-0.4, -0.2) is 19.3 Å². The van der Waals surface area contributed by atoms with E-state index >= 15 is 0 Å². The quantitative estimate of drug-likeness (QED) is 0.559. The molecule has 2 atom stereocenters. The van der Waals surface area contributed by atoms with Gasteiger partial charge in [0.2, 0.25) is 0 Å². The van der Waals surface area contributed by atoms with Crippen molar-refractivity contribution in [3.63, 3.8) is 0 Å². The predicted molar refractivity (Wildman–Crippen MR) is 81.0 cm³/mol. The molecule has 112 valence electrons. The van der Waals surface area contributed by atoms with Gasteiger partial charge in [-0.2, -0.15) is 0 Å². The molecule has 2 aromatic carbocycles. The molecule has 0 spiro atoms. The molecule has 2 aromatic rings. The lowest BCUT2D eigenvalue weighted by Crippen LogP contribution is -2.32. The van der Waals surface area contributed by atoms with E-state index in [4.69, 9.17) is 15.3 Å². The molecule has 21 heavy (non-hydrogen) atoms. The Hall–Kier alpha value is -2.08. The van der Waals surface area contributed by atoms with Crippen molar-refractivity contribution in [3.05, 3.63) is 59.7 Å². The summed E-state index contributed by atoms with van der Waals surface area (Å²) < 4.78 is 10.2. The van der Waals surface area contributed by atoms with Crippen LogP contribution < -0.4 is 20.7 Å². The van der Waals surface area contributed by atoms with Crippen molar-refractivity contribution in [3.8, 4) is 11.5 Å². The highest BCUT2D eigenvalue weighted by molar-refractivity contribution is 5.33. The molecule has 0 amide bonds. The summed E-state index contributed by atoms with van der Waals surface area (Å²) in [5.74, 6) is 7.10. The summed E-state index contributed by atoms with van der Waals surface area (Å²) >= 11 is 0. The molecule has 0 aromatic heterocycles. The van der Waals surface area contributed by atoms with Crippen LogP contribution in [0.25, 0.3) is 0 Å².